The molecule has 1 aliphatic rings. The van der Waals surface area contributed by atoms with Gasteiger partial charge in [0.2, 0.25) is 0 Å². The molecule has 1 aliphatic carbocycles. The third-order valence-electron chi connectivity index (χ3n) is 3.74. The highest BCUT2D eigenvalue weighted by molar-refractivity contribution is 6.61. The zero-order valence-electron chi connectivity index (χ0n) is 11.7. The van der Waals surface area contributed by atoms with Gasteiger partial charge in [-0.2, -0.15) is 0 Å². The van der Waals surface area contributed by atoms with E-state index < -0.39 is 8.80 Å². The van der Waals surface area contributed by atoms with E-state index in [2.05, 4.69) is 35.4 Å². The van der Waals surface area contributed by atoms with Crippen LogP contribution in [0.1, 0.15) is 12.1 Å². The fourth-order valence-electron chi connectivity index (χ4n) is 2.58. The molecule has 1 unspecified atom stereocenters. The summed E-state index contributed by atoms with van der Waals surface area (Å²) in [6.45, 7) is 0. The van der Waals surface area contributed by atoms with Gasteiger partial charge in [0.05, 0.1) is 0 Å². The Morgan fingerprint density at radius 1 is 1.21 bits per heavy atom. The highest BCUT2D eigenvalue weighted by atomic mass is 28.4. The normalized spacial score (nSPS) is 22.9. The predicted octanol–water partition coefficient (Wildman–Crippen LogP) is 2.65. The average Bonchev–Trinajstić information content (AvgIpc) is 3.01. The molecule has 0 amide bonds. The van der Waals surface area contributed by atoms with Crippen LogP contribution in [0.15, 0.2) is 42.6 Å². The summed E-state index contributed by atoms with van der Waals surface area (Å²) in [5.74, 6) is 0. The van der Waals surface area contributed by atoms with Gasteiger partial charge in [-0.3, -0.25) is 0 Å². The van der Waals surface area contributed by atoms with Gasteiger partial charge in [-0.25, -0.2) is 0 Å². The Morgan fingerprint density at radius 3 is 2.42 bits per heavy atom. The van der Waals surface area contributed by atoms with Gasteiger partial charge in [-0.15, -0.1) is 0 Å². The maximum atomic E-state index is 5.58. The molecule has 1 N–H and O–H groups in total. The van der Waals surface area contributed by atoms with E-state index in [1.807, 2.05) is 12.3 Å². The minimum absolute atomic E-state index is 0.146. The van der Waals surface area contributed by atoms with Crippen molar-refractivity contribution in [2.24, 2.45) is 0 Å². The maximum absolute atomic E-state index is 5.58. The van der Waals surface area contributed by atoms with Crippen molar-refractivity contribution in [1.82, 2.24) is 4.98 Å². The number of nitrogens with one attached hydrogen (secondary N) is 1. The van der Waals surface area contributed by atoms with Crippen LogP contribution in [0.5, 0.6) is 0 Å². The molecule has 19 heavy (non-hydrogen) atoms. The number of rotatable bonds is 6. The van der Waals surface area contributed by atoms with Crippen molar-refractivity contribution in [3.63, 3.8) is 0 Å². The number of hydrogen-bond donors (Lipinski definition) is 1. The van der Waals surface area contributed by atoms with E-state index in [4.69, 9.17) is 13.3 Å². The topological polar surface area (TPSA) is 43.5 Å². The number of H-pyrrole nitrogens is 1. The fourth-order valence-corrected chi connectivity index (χ4v) is 4.74. The van der Waals surface area contributed by atoms with Crippen LogP contribution in [-0.4, -0.2) is 35.1 Å². The van der Waals surface area contributed by atoms with Crippen LogP contribution in [0.25, 0.3) is 0 Å². The third kappa shape index (κ3) is 2.74. The Morgan fingerprint density at radius 2 is 1.95 bits per heavy atom. The molecule has 2 rings (SSSR count). The summed E-state index contributed by atoms with van der Waals surface area (Å²) in [5.41, 5.74) is 1.02. The minimum atomic E-state index is -2.64. The molecule has 0 spiro atoms. The highest BCUT2D eigenvalue weighted by Gasteiger charge is 2.47. The minimum Gasteiger partial charge on any atom is -0.377 e. The summed E-state index contributed by atoms with van der Waals surface area (Å²) >= 11 is 0. The first-order chi connectivity index (χ1) is 9.20. The summed E-state index contributed by atoms with van der Waals surface area (Å²) in [6, 6.07) is 4.83. The molecule has 1 aromatic rings. The lowest BCUT2D eigenvalue weighted by Gasteiger charge is -2.36. The maximum Gasteiger partial charge on any atom is 0.501 e. The van der Waals surface area contributed by atoms with Crippen LogP contribution in [-0.2, 0) is 18.7 Å². The van der Waals surface area contributed by atoms with Crippen molar-refractivity contribution in [2.75, 3.05) is 21.3 Å². The lowest BCUT2D eigenvalue weighted by molar-refractivity contribution is 0.117. The summed E-state index contributed by atoms with van der Waals surface area (Å²) in [6.07, 6.45) is 11.4. The van der Waals surface area contributed by atoms with Crippen molar-refractivity contribution >= 4 is 8.80 Å². The second-order valence-electron chi connectivity index (χ2n) is 4.70. The number of aromatic amines is 1. The predicted molar refractivity (Wildman–Crippen MR) is 77.0 cm³/mol. The molecule has 4 nitrogen and oxygen atoms in total. The van der Waals surface area contributed by atoms with Crippen molar-refractivity contribution in [3.8, 4) is 0 Å². The van der Waals surface area contributed by atoms with Crippen LogP contribution >= 0.6 is 0 Å². The Kier molecular flexibility index (Phi) is 4.41. The molecule has 1 atom stereocenters. The summed E-state index contributed by atoms with van der Waals surface area (Å²) in [5, 5.41) is 0. The SMILES string of the molecule is CO[Si](CC1(c2ccc[nH]2)C=CC=CC1)(OC)OC. The van der Waals surface area contributed by atoms with Gasteiger partial charge in [0.1, 0.15) is 0 Å². The van der Waals surface area contributed by atoms with E-state index in [0.29, 0.717) is 6.04 Å². The van der Waals surface area contributed by atoms with Gasteiger partial charge in [0.15, 0.2) is 0 Å². The number of allylic oxidation sites excluding steroid dienone is 4. The van der Waals surface area contributed by atoms with E-state index in [-0.39, 0.29) is 5.41 Å². The molecule has 0 saturated carbocycles. The Bertz CT molecular complexity index is 443. The first-order valence-corrected chi connectivity index (χ1v) is 8.27. The fraction of sp³-hybridized carbons (Fsp3) is 0.429. The molecule has 1 aromatic heterocycles. The monoisotopic (exact) mass is 279 g/mol. The van der Waals surface area contributed by atoms with Crippen molar-refractivity contribution < 1.29 is 13.3 Å². The van der Waals surface area contributed by atoms with E-state index >= 15 is 0 Å². The molecule has 5 heteroatoms. The van der Waals surface area contributed by atoms with Gasteiger partial charge in [-0.1, -0.05) is 24.3 Å². The summed E-state index contributed by atoms with van der Waals surface area (Å²) in [7, 11) is 2.33. The van der Waals surface area contributed by atoms with Crippen LogP contribution in [0.3, 0.4) is 0 Å². The summed E-state index contributed by atoms with van der Waals surface area (Å²) < 4.78 is 16.8. The van der Waals surface area contributed by atoms with E-state index in [1.54, 1.807) is 21.3 Å². The zero-order valence-corrected chi connectivity index (χ0v) is 12.7. The quantitative estimate of drug-likeness (QED) is 0.814. The molecule has 0 radical (unpaired) electrons. The van der Waals surface area contributed by atoms with Crippen LogP contribution < -0.4 is 0 Å². The van der Waals surface area contributed by atoms with E-state index in [1.165, 1.54) is 0 Å². The molecule has 0 aliphatic heterocycles. The molecule has 0 fully saturated rings. The van der Waals surface area contributed by atoms with E-state index in [0.717, 1.165) is 12.1 Å². The number of aromatic nitrogens is 1. The molecule has 0 saturated heterocycles. The van der Waals surface area contributed by atoms with Gasteiger partial charge < -0.3 is 18.3 Å². The molecule has 0 aromatic carbocycles. The van der Waals surface area contributed by atoms with Gasteiger partial charge >= 0.3 is 8.80 Å². The second-order valence-corrected chi connectivity index (χ2v) is 7.65. The molecular weight excluding hydrogens is 258 g/mol. The Labute approximate surface area is 115 Å². The van der Waals surface area contributed by atoms with E-state index in [9.17, 15) is 0 Å². The zero-order chi connectivity index (χ0) is 13.8. The first-order valence-electron chi connectivity index (χ1n) is 6.34. The molecular formula is C14H21NO3Si. The average molecular weight is 279 g/mol. The van der Waals surface area contributed by atoms with Crippen LogP contribution in [0.4, 0.5) is 0 Å². The molecule has 1 heterocycles. The van der Waals surface area contributed by atoms with Crippen LogP contribution in [0.2, 0.25) is 6.04 Å². The first kappa shape index (κ1) is 14.3. The lowest BCUT2D eigenvalue weighted by atomic mass is 9.80. The smallest absolute Gasteiger partial charge is 0.377 e. The Hall–Kier alpha value is -1.14. The summed E-state index contributed by atoms with van der Waals surface area (Å²) in [4.78, 5) is 3.31. The van der Waals surface area contributed by atoms with Gasteiger partial charge in [-0.05, 0) is 18.6 Å². The third-order valence-corrected chi connectivity index (χ3v) is 6.67. The Balaban J connectivity index is 2.35. The van der Waals surface area contributed by atoms with Crippen molar-refractivity contribution in [2.45, 2.75) is 17.9 Å². The standard InChI is InChI=1S/C14H21NO3Si/c1-16-19(17-2,18-3)12-14(9-5-4-6-10-14)13-8-7-11-15-13/h4-9,11,15H,10,12H2,1-3H3. The van der Waals surface area contributed by atoms with Gasteiger partial charge in [0.25, 0.3) is 0 Å². The van der Waals surface area contributed by atoms with Crippen molar-refractivity contribution in [3.05, 3.63) is 48.3 Å². The van der Waals surface area contributed by atoms with Crippen molar-refractivity contribution in [1.29, 1.82) is 0 Å². The highest BCUT2D eigenvalue weighted by Crippen LogP contribution is 2.39. The lowest BCUT2D eigenvalue weighted by Crippen LogP contribution is -2.48. The van der Waals surface area contributed by atoms with Gasteiger partial charge in [0, 0.05) is 44.7 Å². The number of hydrogen-bond acceptors (Lipinski definition) is 3. The molecule has 104 valence electrons. The molecule has 0 bridgehead atoms. The largest absolute Gasteiger partial charge is 0.501 e. The van der Waals surface area contributed by atoms with Crippen LogP contribution in [0, 0.1) is 0 Å². The second kappa shape index (κ2) is 5.88.